The largest absolute Gasteiger partial charge is 0.378 e. The van der Waals surface area contributed by atoms with Gasteiger partial charge in [-0.05, 0) is 18.2 Å². The SMILES string of the molecule is Clc1ccc2ncc(-c3nccc(N4CCOCC4)n3)n2c1. The zero-order valence-corrected chi connectivity index (χ0v) is 12.6. The quantitative estimate of drug-likeness (QED) is 0.726. The van der Waals surface area contributed by atoms with Crippen LogP contribution in [0.1, 0.15) is 0 Å². The highest BCUT2D eigenvalue weighted by atomic mass is 35.5. The minimum atomic E-state index is 0.638. The third-order valence-electron chi connectivity index (χ3n) is 3.67. The van der Waals surface area contributed by atoms with Crippen LogP contribution in [0.4, 0.5) is 5.82 Å². The van der Waals surface area contributed by atoms with Crippen LogP contribution in [0.2, 0.25) is 5.02 Å². The molecule has 3 aromatic rings. The van der Waals surface area contributed by atoms with Crippen LogP contribution in [0.15, 0.2) is 36.8 Å². The van der Waals surface area contributed by atoms with Gasteiger partial charge < -0.3 is 9.64 Å². The van der Waals surface area contributed by atoms with Crippen LogP contribution in [0.5, 0.6) is 0 Å². The molecular weight excluding hydrogens is 302 g/mol. The molecule has 22 heavy (non-hydrogen) atoms. The fraction of sp³-hybridized carbons (Fsp3) is 0.267. The third-order valence-corrected chi connectivity index (χ3v) is 3.90. The number of rotatable bonds is 2. The molecule has 0 atom stereocenters. The topological polar surface area (TPSA) is 55.5 Å². The molecule has 112 valence electrons. The van der Waals surface area contributed by atoms with Gasteiger partial charge in [0.2, 0.25) is 0 Å². The van der Waals surface area contributed by atoms with Gasteiger partial charge in [0.25, 0.3) is 0 Å². The molecule has 0 saturated carbocycles. The first-order valence-electron chi connectivity index (χ1n) is 7.10. The van der Waals surface area contributed by atoms with Crippen LogP contribution in [0.3, 0.4) is 0 Å². The molecule has 0 unspecified atom stereocenters. The Morgan fingerprint density at radius 3 is 2.82 bits per heavy atom. The van der Waals surface area contributed by atoms with E-state index in [0.29, 0.717) is 10.8 Å². The van der Waals surface area contributed by atoms with Gasteiger partial charge >= 0.3 is 0 Å². The average molecular weight is 316 g/mol. The van der Waals surface area contributed by atoms with Crippen LogP contribution >= 0.6 is 11.6 Å². The summed E-state index contributed by atoms with van der Waals surface area (Å²) in [4.78, 5) is 15.6. The zero-order chi connectivity index (χ0) is 14.9. The fourth-order valence-electron chi connectivity index (χ4n) is 2.56. The lowest BCUT2D eigenvalue weighted by atomic mass is 10.3. The van der Waals surface area contributed by atoms with Crippen molar-refractivity contribution in [2.75, 3.05) is 31.2 Å². The van der Waals surface area contributed by atoms with Crippen molar-refractivity contribution in [1.82, 2.24) is 19.4 Å². The van der Waals surface area contributed by atoms with Crippen molar-refractivity contribution >= 4 is 23.1 Å². The lowest BCUT2D eigenvalue weighted by Gasteiger charge is -2.27. The summed E-state index contributed by atoms with van der Waals surface area (Å²) in [6.45, 7) is 3.14. The number of fused-ring (bicyclic) bond motifs is 1. The van der Waals surface area contributed by atoms with Gasteiger partial charge in [-0.3, -0.25) is 4.40 Å². The number of anilines is 1. The Morgan fingerprint density at radius 1 is 1.09 bits per heavy atom. The number of imidazole rings is 1. The number of morpholine rings is 1. The van der Waals surface area contributed by atoms with E-state index in [-0.39, 0.29) is 0 Å². The highest BCUT2D eigenvalue weighted by molar-refractivity contribution is 6.30. The van der Waals surface area contributed by atoms with E-state index in [9.17, 15) is 0 Å². The van der Waals surface area contributed by atoms with Crippen LogP contribution in [0.25, 0.3) is 17.2 Å². The molecule has 0 spiro atoms. The first kappa shape index (κ1) is 13.5. The molecule has 3 aromatic heterocycles. The molecule has 1 fully saturated rings. The first-order chi connectivity index (χ1) is 10.8. The third kappa shape index (κ3) is 2.40. The van der Waals surface area contributed by atoms with E-state index in [1.165, 1.54) is 0 Å². The molecular formula is C15H14ClN5O. The Morgan fingerprint density at radius 2 is 1.95 bits per heavy atom. The number of ether oxygens (including phenoxy) is 1. The summed E-state index contributed by atoms with van der Waals surface area (Å²) >= 11 is 6.08. The normalized spacial score (nSPS) is 15.4. The van der Waals surface area contributed by atoms with Gasteiger partial charge in [0.05, 0.1) is 24.4 Å². The monoisotopic (exact) mass is 315 g/mol. The lowest BCUT2D eigenvalue weighted by molar-refractivity contribution is 0.122. The fourth-order valence-corrected chi connectivity index (χ4v) is 2.72. The number of hydrogen-bond donors (Lipinski definition) is 0. The Bertz CT molecular complexity index is 813. The van der Waals surface area contributed by atoms with Crippen LogP contribution in [-0.2, 0) is 4.74 Å². The highest BCUT2D eigenvalue weighted by Gasteiger charge is 2.15. The van der Waals surface area contributed by atoms with E-state index in [1.54, 1.807) is 12.4 Å². The molecule has 0 radical (unpaired) electrons. The van der Waals surface area contributed by atoms with E-state index >= 15 is 0 Å². The van der Waals surface area contributed by atoms with E-state index in [2.05, 4.69) is 19.9 Å². The minimum Gasteiger partial charge on any atom is -0.378 e. The summed E-state index contributed by atoms with van der Waals surface area (Å²) in [5, 5.41) is 0.649. The van der Waals surface area contributed by atoms with E-state index in [4.69, 9.17) is 16.3 Å². The van der Waals surface area contributed by atoms with Crippen molar-refractivity contribution in [1.29, 1.82) is 0 Å². The van der Waals surface area contributed by atoms with Crippen molar-refractivity contribution in [3.05, 3.63) is 41.8 Å². The van der Waals surface area contributed by atoms with E-state index in [0.717, 1.165) is 43.5 Å². The minimum absolute atomic E-state index is 0.638. The smallest absolute Gasteiger partial charge is 0.180 e. The molecule has 7 heteroatoms. The van der Waals surface area contributed by atoms with Crippen LogP contribution in [0, 0.1) is 0 Å². The van der Waals surface area contributed by atoms with Gasteiger partial charge in [-0.15, -0.1) is 0 Å². The maximum absolute atomic E-state index is 6.08. The van der Waals surface area contributed by atoms with Crippen molar-refractivity contribution in [3.63, 3.8) is 0 Å². The van der Waals surface area contributed by atoms with Gasteiger partial charge in [-0.1, -0.05) is 11.6 Å². The Kier molecular flexibility index (Phi) is 3.40. The molecule has 1 saturated heterocycles. The maximum Gasteiger partial charge on any atom is 0.180 e. The predicted molar refractivity (Wildman–Crippen MR) is 84.3 cm³/mol. The summed E-state index contributed by atoms with van der Waals surface area (Å²) in [5.41, 5.74) is 1.65. The van der Waals surface area contributed by atoms with Crippen molar-refractivity contribution < 1.29 is 4.74 Å². The van der Waals surface area contributed by atoms with Gasteiger partial charge in [-0.2, -0.15) is 0 Å². The first-order valence-corrected chi connectivity index (χ1v) is 7.48. The second-order valence-electron chi connectivity index (χ2n) is 5.06. The Balaban J connectivity index is 1.76. The van der Waals surface area contributed by atoms with Crippen molar-refractivity contribution in [3.8, 4) is 11.5 Å². The number of aromatic nitrogens is 4. The number of pyridine rings is 1. The van der Waals surface area contributed by atoms with Crippen LogP contribution < -0.4 is 4.90 Å². The van der Waals surface area contributed by atoms with Gasteiger partial charge in [-0.25, -0.2) is 15.0 Å². The van der Waals surface area contributed by atoms with E-state index < -0.39 is 0 Å². The van der Waals surface area contributed by atoms with Gasteiger partial charge in [0, 0.05) is 25.5 Å². The van der Waals surface area contributed by atoms with Crippen molar-refractivity contribution in [2.24, 2.45) is 0 Å². The molecule has 0 aromatic carbocycles. The molecule has 0 N–H and O–H groups in total. The van der Waals surface area contributed by atoms with Gasteiger partial charge in [0.15, 0.2) is 5.82 Å². The molecule has 4 heterocycles. The van der Waals surface area contributed by atoms with Gasteiger partial charge in [0.1, 0.15) is 17.2 Å². The average Bonchev–Trinajstić information content (AvgIpc) is 2.99. The lowest BCUT2D eigenvalue weighted by Crippen LogP contribution is -2.36. The summed E-state index contributed by atoms with van der Waals surface area (Å²) < 4.78 is 7.28. The summed E-state index contributed by atoms with van der Waals surface area (Å²) in [6, 6.07) is 5.61. The summed E-state index contributed by atoms with van der Waals surface area (Å²) in [5.74, 6) is 1.55. The summed E-state index contributed by atoms with van der Waals surface area (Å²) in [6.07, 6.45) is 5.37. The second-order valence-corrected chi connectivity index (χ2v) is 5.49. The number of hydrogen-bond acceptors (Lipinski definition) is 5. The molecule has 6 nitrogen and oxygen atoms in total. The standard InChI is InChI=1S/C15H14ClN5O/c16-11-1-2-13-18-9-12(21(13)10-11)15-17-4-3-14(19-15)20-5-7-22-8-6-20/h1-4,9-10H,5-8H2. The molecule has 0 amide bonds. The molecule has 0 aliphatic carbocycles. The Hall–Kier alpha value is -2.18. The maximum atomic E-state index is 6.08. The second kappa shape index (κ2) is 5.55. The number of halogens is 1. The highest BCUT2D eigenvalue weighted by Crippen LogP contribution is 2.22. The molecule has 4 rings (SSSR count). The molecule has 0 bridgehead atoms. The Labute approximate surface area is 132 Å². The predicted octanol–water partition coefficient (Wildman–Crippen LogP) is 2.28. The van der Waals surface area contributed by atoms with Crippen LogP contribution in [-0.4, -0.2) is 45.7 Å². The van der Waals surface area contributed by atoms with E-state index in [1.807, 2.05) is 28.8 Å². The van der Waals surface area contributed by atoms with Crippen molar-refractivity contribution in [2.45, 2.75) is 0 Å². The molecule has 1 aliphatic heterocycles. The zero-order valence-electron chi connectivity index (χ0n) is 11.8. The molecule has 1 aliphatic rings. The summed E-state index contributed by atoms with van der Waals surface area (Å²) in [7, 11) is 0. The number of nitrogens with zero attached hydrogens (tertiary/aromatic N) is 5.